The van der Waals surface area contributed by atoms with E-state index in [-0.39, 0.29) is 11.9 Å². The van der Waals surface area contributed by atoms with E-state index in [9.17, 15) is 4.79 Å². The number of piperidine rings is 1. The van der Waals surface area contributed by atoms with Gasteiger partial charge >= 0.3 is 0 Å². The van der Waals surface area contributed by atoms with Crippen molar-refractivity contribution in [2.45, 2.75) is 38.8 Å². The normalized spacial score (nSPS) is 15.3. The summed E-state index contributed by atoms with van der Waals surface area (Å²) in [7, 11) is 0. The Kier molecular flexibility index (Phi) is 6.00. The highest BCUT2D eigenvalue weighted by Crippen LogP contribution is 2.18. The Bertz CT molecular complexity index is 929. The summed E-state index contributed by atoms with van der Waals surface area (Å²) in [5.41, 5.74) is 2.83. The van der Waals surface area contributed by atoms with E-state index >= 15 is 0 Å². The largest absolute Gasteiger partial charge is 0.349 e. The fraction of sp³-hybridized carbons (Fsp3) is 0.348. The molecule has 1 aliphatic heterocycles. The monoisotopic (exact) mass is 390 g/mol. The van der Waals surface area contributed by atoms with Crippen molar-refractivity contribution in [1.29, 1.82) is 0 Å². The molecule has 1 N–H and O–H groups in total. The molecule has 1 aliphatic rings. The summed E-state index contributed by atoms with van der Waals surface area (Å²) in [4.78, 5) is 19.4. The van der Waals surface area contributed by atoms with Crippen molar-refractivity contribution in [3.8, 4) is 11.4 Å². The molecule has 0 bridgehead atoms. The third kappa shape index (κ3) is 4.90. The standard InChI is InChI=1S/C23H26N4O2/c1-2-21-25-22(26-29-21)18-8-10-19(11-9-18)23(28)24-20-12-14-27(15-13-20)16-17-6-4-3-5-7-17/h3-11,20H,2,12-16H2,1H3,(H,24,28). The molecule has 2 heterocycles. The number of hydrogen-bond donors (Lipinski definition) is 1. The van der Waals surface area contributed by atoms with Crippen LogP contribution in [0.25, 0.3) is 11.4 Å². The Labute approximate surface area is 170 Å². The molecule has 6 heteroatoms. The van der Waals surface area contributed by atoms with Crippen molar-refractivity contribution in [3.05, 3.63) is 71.6 Å². The Balaban J connectivity index is 1.28. The summed E-state index contributed by atoms with van der Waals surface area (Å²) in [5.74, 6) is 1.14. The lowest BCUT2D eigenvalue weighted by atomic mass is 10.0. The van der Waals surface area contributed by atoms with Gasteiger partial charge in [-0.2, -0.15) is 4.98 Å². The van der Waals surface area contributed by atoms with Gasteiger partial charge in [0.05, 0.1) is 0 Å². The topological polar surface area (TPSA) is 71.3 Å². The first-order valence-electron chi connectivity index (χ1n) is 10.2. The third-order valence-electron chi connectivity index (χ3n) is 5.35. The minimum absolute atomic E-state index is 0.0274. The van der Waals surface area contributed by atoms with E-state index in [1.165, 1.54) is 5.56 Å². The van der Waals surface area contributed by atoms with Crippen molar-refractivity contribution in [1.82, 2.24) is 20.4 Å². The van der Waals surface area contributed by atoms with E-state index in [2.05, 4.69) is 44.6 Å². The lowest BCUT2D eigenvalue weighted by Crippen LogP contribution is -2.44. The fourth-order valence-corrected chi connectivity index (χ4v) is 3.63. The van der Waals surface area contributed by atoms with Gasteiger partial charge in [-0.1, -0.05) is 54.5 Å². The van der Waals surface area contributed by atoms with Crippen LogP contribution in [-0.4, -0.2) is 40.1 Å². The van der Waals surface area contributed by atoms with Crippen LogP contribution in [-0.2, 0) is 13.0 Å². The molecule has 150 valence electrons. The molecule has 0 unspecified atom stereocenters. The number of nitrogens with zero attached hydrogens (tertiary/aromatic N) is 3. The van der Waals surface area contributed by atoms with Crippen LogP contribution in [0, 0.1) is 0 Å². The number of rotatable bonds is 6. The molecule has 2 aromatic carbocycles. The SMILES string of the molecule is CCc1nc(-c2ccc(C(=O)NC3CCN(Cc4ccccc4)CC3)cc2)no1. The van der Waals surface area contributed by atoms with Crippen molar-refractivity contribution in [3.63, 3.8) is 0 Å². The van der Waals surface area contributed by atoms with E-state index in [0.29, 0.717) is 23.7 Å². The molecule has 0 radical (unpaired) electrons. The quantitative estimate of drug-likeness (QED) is 0.695. The molecule has 0 aliphatic carbocycles. The Morgan fingerprint density at radius 2 is 1.83 bits per heavy atom. The van der Waals surface area contributed by atoms with E-state index < -0.39 is 0 Å². The van der Waals surface area contributed by atoms with Crippen LogP contribution in [0.4, 0.5) is 0 Å². The van der Waals surface area contributed by atoms with Crippen LogP contribution in [0.5, 0.6) is 0 Å². The van der Waals surface area contributed by atoms with Gasteiger partial charge in [-0.05, 0) is 30.5 Å². The van der Waals surface area contributed by atoms with Gasteiger partial charge in [-0.3, -0.25) is 9.69 Å². The summed E-state index contributed by atoms with van der Waals surface area (Å²) in [6, 6.07) is 18.1. The van der Waals surface area contributed by atoms with Gasteiger partial charge in [-0.15, -0.1) is 0 Å². The summed E-state index contributed by atoms with van der Waals surface area (Å²) in [6.07, 6.45) is 2.65. The van der Waals surface area contributed by atoms with Crippen LogP contribution in [0.3, 0.4) is 0 Å². The highest BCUT2D eigenvalue weighted by molar-refractivity contribution is 5.94. The van der Waals surface area contributed by atoms with Crippen molar-refractivity contribution < 1.29 is 9.32 Å². The first kappa shape index (κ1) is 19.3. The van der Waals surface area contributed by atoms with E-state index in [0.717, 1.165) is 38.0 Å². The highest BCUT2D eigenvalue weighted by atomic mass is 16.5. The second-order valence-electron chi connectivity index (χ2n) is 7.45. The van der Waals surface area contributed by atoms with Crippen LogP contribution >= 0.6 is 0 Å². The number of aromatic nitrogens is 2. The van der Waals surface area contributed by atoms with Gasteiger partial charge in [-0.25, -0.2) is 0 Å². The maximum absolute atomic E-state index is 12.6. The molecule has 6 nitrogen and oxygen atoms in total. The Morgan fingerprint density at radius 3 is 2.48 bits per heavy atom. The summed E-state index contributed by atoms with van der Waals surface area (Å²) in [6.45, 7) is 4.93. The lowest BCUT2D eigenvalue weighted by Gasteiger charge is -2.32. The molecule has 1 amide bonds. The lowest BCUT2D eigenvalue weighted by molar-refractivity contribution is 0.0909. The maximum Gasteiger partial charge on any atom is 0.251 e. The van der Waals surface area contributed by atoms with Crippen LogP contribution in [0.2, 0.25) is 0 Å². The summed E-state index contributed by atoms with van der Waals surface area (Å²) < 4.78 is 5.15. The zero-order chi connectivity index (χ0) is 20.1. The smallest absolute Gasteiger partial charge is 0.251 e. The minimum atomic E-state index is -0.0274. The maximum atomic E-state index is 12.6. The molecular formula is C23H26N4O2. The van der Waals surface area contributed by atoms with Gasteiger partial charge < -0.3 is 9.84 Å². The molecule has 29 heavy (non-hydrogen) atoms. The van der Waals surface area contributed by atoms with Crippen LogP contribution in [0.15, 0.2) is 59.1 Å². The molecule has 4 rings (SSSR count). The average Bonchev–Trinajstić information content (AvgIpc) is 3.25. The van der Waals surface area contributed by atoms with Crippen LogP contribution < -0.4 is 5.32 Å². The predicted octanol–water partition coefficient (Wildman–Crippen LogP) is 3.69. The number of amides is 1. The first-order chi connectivity index (χ1) is 14.2. The molecule has 0 atom stereocenters. The number of likely N-dealkylation sites (tertiary alicyclic amines) is 1. The molecular weight excluding hydrogens is 364 g/mol. The third-order valence-corrected chi connectivity index (χ3v) is 5.35. The van der Waals surface area contributed by atoms with Crippen molar-refractivity contribution >= 4 is 5.91 Å². The van der Waals surface area contributed by atoms with E-state index in [1.54, 1.807) is 0 Å². The summed E-state index contributed by atoms with van der Waals surface area (Å²) in [5, 5.41) is 7.15. The number of nitrogens with one attached hydrogen (secondary N) is 1. The second-order valence-corrected chi connectivity index (χ2v) is 7.45. The number of hydrogen-bond acceptors (Lipinski definition) is 5. The zero-order valence-electron chi connectivity index (χ0n) is 16.7. The molecule has 0 spiro atoms. The van der Waals surface area contributed by atoms with E-state index in [1.807, 2.05) is 37.3 Å². The first-order valence-corrected chi connectivity index (χ1v) is 10.2. The van der Waals surface area contributed by atoms with Gasteiger partial charge in [0, 0.05) is 43.2 Å². The average molecular weight is 390 g/mol. The second kappa shape index (κ2) is 9.01. The molecule has 1 fully saturated rings. The van der Waals surface area contributed by atoms with Gasteiger partial charge in [0.15, 0.2) is 0 Å². The number of carbonyl (C=O) groups excluding carboxylic acids is 1. The van der Waals surface area contributed by atoms with Gasteiger partial charge in [0.1, 0.15) is 0 Å². The van der Waals surface area contributed by atoms with Crippen molar-refractivity contribution in [2.24, 2.45) is 0 Å². The number of carbonyl (C=O) groups is 1. The minimum Gasteiger partial charge on any atom is -0.349 e. The molecule has 0 saturated carbocycles. The van der Waals surface area contributed by atoms with Crippen molar-refractivity contribution in [2.75, 3.05) is 13.1 Å². The zero-order valence-corrected chi connectivity index (χ0v) is 16.7. The van der Waals surface area contributed by atoms with Gasteiger partial charge in [0.2, 0.25) is 11.7 Å². The fourth-order valence-electron chi connectivity index (χ4n) is 3.63. The Hall–Kier alpha value is -2.99. The Morgan fingerprint density at radius 1 is 1.10 bits per heavy atom. The highest BCUT2D eigenvalue weighted by Gasteiger charge is 2.21. The molecule has 1 saturated heterocycles. The predicted molar refractivity (Wildman–Crippen MR) is 111 cm³/mol. The number of benzene rings is 2. The number of aryl methyl sites for hydroxylation is 1. The summed E-state index contributed by atoms with van der Waals surface area (Å²) >= 11 is 0. The molecule has 1 aromatic heterocycles. The van der Waals surface area contributed by atoms with E-state index in [4.69, 9.17) is 4.52 Å². The molecule has 3 aromatic rings. The van der Waals surface area contributed by atoms with Crippen LogP contribution in [0.1, 0.15) is 41.6 Å². The van der Waals surface area contributed by atoms with Gasteiger partial charge in [0.25, 0.3) is 5.91 Å².